The molecule has 3 nitrogen and oxygen atoms in total. The highest BCUT2D eigenvalue weighted by atomic mass is 16.3. The van der Waals surface area contributed by atoms with E-state index in [0.717, 1.165) is 16.7 Å². The smallest absolute Gasteiger partial charge is 0.254 e. The molecule has 1 saturated heterocycles. The summed E-state index contributed by atoms with van der Waals surface area (Å²) in [6, 6.07) is 4.11. The number of hydrogen-bond acceptors (Lipinski definition) is 2. The molecule has 1 aliphatic heterocycles. The second-order valence-electron chi connectivity index (χ2n) is 5.30. The van der Waals surface area contributed by atoms with E-state index in [-0.39, 0.29) is 12.0 Å². The van der Waals surface area contributed by atoms with Crippen LogP contribution in [-0.2, 0) is 0 Å². The third kappa shape index (κ3) is 2.56. The number of piperidine rings is 1. The van der Waals surface area contributed by atoms with E-state index in [1.165, 1.54) is 5.56 Å². The van der Waals surface area contributed by atoms with Crippen LogP contribution in [0.2, 0.25) is 0 Å². The lowest BCUT2D eigenvalue weighted by Crippen LogP contribution is -2.40. The molecule has 0 saturated carbocycles. The van der Waals surface area contributed by atoms with Gasteiger partial charge in [-0.05, 0) is 44.7 Å². The van der Waals surface area contributed by atoms with Gasteiger partial charge in [-0.2, -0.15) is 0 Å². The quantitative estimate of drug-likeness (QED) is 0.826. The molecule has 1 aromatic rings. The number of carbonyl (C=O) groups excluding carboxylic acids is 1. The van der Waals surface area contributed by atoms with Gasteiger partial charge in [-0.15, -0.1) is 0 Å². The van der Waals surface area contributed by atoms with Crippen molar-refractivity contribution in [1.29, 1.82) is 0 Å². The predicted octanol–water partition coefficient (Wildman–Crippen LogP) is 2.21. The van der Waals surface area contributed by atoms with Gasteiger partial charge < -0.3 is 10.0 Å². The molecule has 1 aliphatic rings. The molecule has 98 valence electrons. The third-order valence-corrected chi connectivity index (χ3v) is 3.64. The molecular weight excluding hydrogens is 226 g/mol. The maximum Gasteiger partial charge on any atom is 0.254 e. The molecule has 1 N–H and O–H groups in total. The minimum Gasteiger partial charge on any atom is -0.393 e. The van der Waals surface area contributed by atoms with Gasteiger partial charge in [-0.25, -0.2) is 0 Å². The Morgan fingerprint density at radius 3 is 2.17 bits per heavy atom. The molecule has 0 aliphatic carbocycles. The SMILES string of the molecule is Cc1cc(C)c(C(=O)N2CCC(O)CC2)c(C)c1. The van der Waals surface area contributed by atoms with Gasteiger partial charge in [-0.3, -0.25) is 4.79 Å². The number of aliphatic hydroxyl groups is 1. The van der Waals surface area contributed by atoms with Crippen molar-refractivity contribution in [3.05, 3.63) is 34.4 Å². The average Bonchev–Trinajstić information content (AvgIpc) is 2.28. The number of nitrogens with zero attached hydrogens (tertiary/aromatic N) is 1. The van der Waals surface area contributed by atoms with Crippen LogP contribution >= 0.6 is 0 Å². The number of likely N-dealkylation sites (tertiary alicyclic amines) is 1. The van der Waals surface area contributed by atoms with E-state index < -0.39 is 0 Å². The zero-order valence-electron chi connectivity index (χ0n) is 11.4. The average molecular weight is 247 g/mol. The first kappa shape index (κ1) is 13.1. The van der Waals surface area contributed by atoms with Gasteiger partial charge in [0.1, 0.15) is 0 Å². The van der Waals surface area contributed by atoms with Crippen molar-refractivity contribution in [3.63, 3.8) is 0 Å². The summed E-state index contributed by atoms with van der Waals surface area (Å²) in [5, 5.41) is 9.49. The monoisotopic (exact) mass is 247 g/mol. The molecule has 0 radical (unpaired) electrons. The van der Waals surface area contributed by atoms with Gasteiger partial charge in [0.25, 0.3) is 5.91 Å². The van der Waals surface area contributed by atoms with Gasteiger partial charge in [0, 0.05) is 18.7 Å². The molecule has 0 aromatic heterocycles. The summed E-state index contributed by atoms with van der Waals surface area (Å²) in [6.07, 6.45) is 1.14. The Kier molecular flexibility index (Phi) is 3.71. The maximum absolute atomic E-state index is 12.5. The summed E-state index contributed by atoms with van der Waals surface area (Å²) in [7, 11) is 0. The fourth-order valence-electron chi connectivity index (χ4n) is 2.74. The van der Waals surface area contributed by atoms with Crippen molar-refractivity contribution >= 4 is 5.91 Å². The van der Waals surface area contributed by atoms with Crippen LogP contribution in [0.3, 0.4) is 0 Å². The lowest BCUT2D eigenvalue weighted by molar-refractivity contribution is 0.0545. The molecule has 0 atom stereocenters. The molecule has 0 bridgehead atoms. The number of aryl methyl sites for hydroxylation is 3. The Labute approximate surface area is 108 Å². The van der Waals surface area contributed by atoms with Crippen LogP contribution in [0.25, 0.3) is 0 Å². The van der Waals surface area contributed by atoms with Crippen LogP contribution in [0, 0.1) is 20.8 Å². The van der Waals surface area contributed by atoms with E-state index >= 15 is 0 Å². The lowest BCUT2D eigenvalue weighted by Gasteiger charge is -2.30. The Morgan fingerprint density at radius 2 is 1.67 bits per heavy atom. The zero-order chi connectivity index (χ0) is 13.3. The van der Waals surface area contributed by atoms with Crippen LogP contribution in [0.1, 0.15) is 39.9 Å². The highest BCUT2D eigenvalue weighted by Crippen LogP contribution is 2.20. The van der Waals surface area contributed by atoms with Crippen LogP contribution in [0.4, 0.5) is 0 Å². The van der Waals surface area contributed by atoms with Gasteiger partial charge >= 0.3 is 0 Å². The van der Waals surface area contributed by atoms with Crippen LogP contribution in [0.15, 0.2) is 12.1 Å². The Balaban J connectivity index is 2.24. The maximum atomic E-state index is 12.5. The number of amides is 1. The normalized spacial score (nSPS) is 17.0. The molecule has 0 unspecified atom stereocenters. The largest absolute Gasteiger partial charge is 0.393 e. The second kappa shape index (κ2) is 5.11. The van der Waals surface area contributed by atoms with E-state index in [4.69, 9.17) is 0 Å². The first-order valence-corrected chi connectivity index (χ1v) is 6.54. The summed E-state index contributed by atoms with van der Waals surface area (Å²) in [4.78, 5) is 14.4. The number of carbonyl (C=O) groups is 1. The van der Waals surface area contributed by atoms with Crippen molar-refractivity contribution in [1.82, 2.24) is 4.90 Å². The molecule has 1 heterocycles. The van der Waals surface area contributed by atoms with Crippen LogP contribution < -0.4 is 0 Å². The van der Waals surface area contributed by atoms with Crippen molar-refractivity contribution in [2.45, 2.75) is 39.7 Å². The van der Waals surface area contributed by atoms with Gasteiger partial charge in [0.05, 0.1) is 6.10 Å². The summed E-state index contributed by atoms with van der Waals surface area (Å²) >= 11 is 0. The number of benzene rings is 1. The minimum absolute atomic E-state index is 0.108. The van der Waals surface area contributed by atoms with Gasteiger partial charge in [0.15, 0.2) is 0 Å². The first-order valence-electron chi connectivity index (χ1n) is 6.54. The summed E-state index contributed by atoms with van der Waals surface area (Å²) < 4.78 is 0. The van der Waals surface area contributed by atoms with Crippen molar-refractivity contribution < 1.29 is 9.90 Å². The molecule has 18 heavy (non-hydrogen) atoms. The molecule has 1 amide bonds. The van der Waals surface area contributed by atoms with Crippen molar-refractivity contribution in [2.75, 3.05) is 13.1 Å². The molecule has 3 heteroatoms. The summed E-state index contributed by atoms with van der Waals surface area (Å²) in [5.74, 6) is 0.108. The van der Waals surface area contributed by atoms with E-state index in [9.17, 15) is 9.90 Å². The topological polar surface area (TPSA) is 40.5 Å². The van der Waals surface area contributed by atoms with E-state index in [2.05, 4.69) is 12.1 Å². The minimum atomic E-state index is -0.241. The van der Waals surface area contributed by atoms with Gasteiger partial charge in [0.2, 0.25) is 0 Å². The predicted molar refractivity (Wildman–Crippen MR) is 71.8 cm³/mol. The summed E-state index contributed by atoms with van der Waals surface area (Å²) in [5.41, 5.74) is 4.11. The number of hydrogen-bond donors (Lipinski definition) is 1. The highest BCUT2D eigenvalue weighted by molar-refractivity contribution is 5.97. The Bertz CT molecular complexity index is 437. The molecular formula is C15H21NO2. The van der Waals surface area contributed by atoms with Crippen molar-refractivity contribution in [2.24, 2.45) is 0 Å². The number of aliphatic hydroxyl groups excluding tert-OH is 1. The lowest BCUT2D eigenvalue weighted by atomic mass is 9.97. The zero-order valence-corrected chi connectivity index (χ0v) is 11.4. The first-order chi connectivity index (χ1) is 8.49. The van der Waals surface area contributed by atoms with E-state index in [0.29, 0.717) is 25.9 Å². The molecule has 0 spiro atoms. The van der Waals surface area contributed by atoms with Crippen LogP contribution in [0.5, 0.6) is 0 Å². The molecule has 2 rings (SSSR count). The highest BCUT2D eigenvalue weighted by Gasteiger charge is 2.24. The fraction of sp³-hybridized carbons (Fsp3) is 0.533. The standard InChI is InChI=1S/C15H21NO2/c1-10-8-11(2)14(12(3)9-10)15(18)16-6-4-13(17)5-7-16/h8-9,13,17H,4-7H2,1-3H3. The summed E-state index contributed by atoms with van der Waals surface area (Å²) in [6.45, 7) is 7.35. The Morgan fingerprint density at radius 1 is 1.17 bits per heavy atom. The van der Waals surface area contributed by atoms with Gasteiger partial charge in [-0.1, -0.05) is 17.7 Å². The van der Waals surface area contributed by atoms with E-state index in [1.54, 1.807) is 0 Å². The Hall–Kier alpha value is -1.35. The second-order valence-corrected chi connectivity index (χ2v) is 5.30. The molecule has 1 aromatic carbocycles. The van der Waals surface area contributed by atoms with E-state index in [1.807, 2.05) is 25.7 Å². The van der Waals surface area contributed by atoms with Crippen molar-refractivity contribution in [3.8, 4) is 0 Å². The number of rotatable bonds is 1. The van der Waals surface area contributed by atoms with Crippen LogP contribution in [-0.4, -0.2) is 35.1 Å². The molecule has 1 fully saturated rings. The fourth-order valence-corrected chi connectivity index (χ4v) is 2.74. The third-order valence-electron chi connectivity index (χ3n) is 3.64.